The van der Waals surface area contributed by atoms with E-state index in [2.05, 4.69) is 5.32 Å². The zero-order chi connectivity index (χ0) is 18.9. The minimum atomic E-state index is -4.43. The Morgan fingerprint density at radius 1 is 1.08 bits per heavy atom. The van der Waals surface area contributed by atoms with Crippen molar-refractivity contribution < 1.29 is 27.4 Å². The second-order valence-electron chi connectivity index (χ2n) is 6.16. The highest BCUT2D eigenvalue weighted by molar-refractivity contribution is 5.82. The second kappa shape index (κ2) is 6.90. The van der Waals surface area contributed by atoms with E-state index in [9.17, 15) is 18.0 Å². The summed E-state index contributed by atoms with van der Waals surface area (Å²) in [6.07, 6.45) is -5.85. The highest BCUT2D eigenvalue weighted by Crippen LogP contribution is 2.34. The first kappa shape index (κ1) is 18.1. The van der Waals surface area contributed by atoms with Gasteiger partial charge in [0.1, 0.15) is 6.10 Å². The molecule has 0 bridgehead atoms. The van der Waals surface area contributed by atoms with Gasteiger partial charge in [0, 0.05) is 0 Å². The Bertz CT molecular complexity index is 807. The van der Waals surface area contributed by atoms with E-state index in [1.807, 2.05) is 0 Å². The van der Waals surface area contributed by atoms with Gasteiger partial charge in [-0.15, -0.1) is 0 Å². The van der Waals surface area contributed by atoms with Crippen molar-refractivity contribution in [2.24, 2.45) is 0 Å². The quantitative estimate of drug-likeness (QED) is 0.890. The minimum absolute atomic E-state index is 0.359. The third-order valence-corrected chi connectivity index (χ3v) is 4.17. The highest BCUT2D eigenvalue weighted by Gasteiger charge is 2.35. The fourth-order valence-corrected chi connectivity index (χ4v) is 2.77. The molecule has 0 aromatic heterocycles. The monoisotopic (exact) mass is 365 g/mol. The zero-order valence-electron chi connectivity index (χ0n) is 14.2. The third kappa shape index (κ3) is 3.76. The number of nitrogens with one attached hydrogen (secondary N) is 1. The van der Waals surface area contributed by atoms with E-state index in [1.54, 1.807) is 38.1 Å². The summed E-state index contributed by atoms with van der Waals surface area (Å²) < 4.78 is 49.9. The molecule has 2 aromatic carbocycles. The van der Waals surface area contributed by atoms with Gasteiger partial charge >= 0.3 is 6.18 Å². The lowest BCUT2D eigenvalue weighted by molar-refractivity contribution is -0.137. The van der Waals surface area contributed by atoms with Gasteiger partial charge in [-0.3, -0.25) is 4.79 Å². The molecule has 2 aromatic rings. The van der Waals surface area contributed by atoms with Crippen LogP contribution in [0.2, 0.25) is 0 Å². The molecule has 0 spiro atoms. The van der Waals surface area contributed by atoms with Gasteiger partial charge in [0.25, 0.3) is 5.91 Å². The van der Waals surface area contributed by atoms with Crippen LogP contribution in [0.15, 0.2) is 48.5 Å². The molecule has 3 rings (SSSR count). The lowest BCUT2D eigenvalue weighted by Crippen LogP contribution is -2.49. The predicted octanol–water partition coefficient (Wildman–Crippen LogP) is 4.11. The summed E-state index contributed by atoms with van der Waals surface area (Å²) in [5, 5.41) is 2.69. The van der Waals surface area contributed by atoms with Gasteiger partial charge in [0.2, 0.25) is 6.10 Å². The first-order chi connectivity index (χ1) is 12.3. The molecule has 3 unspecified atom stereocenters. The Kier molecular flexibility index (Phi) is 4.80. The van der Waals surface area contributed by atoms with Crippen LogP contribution in [0.3, 0.4) is 0 Å². The number of carbonyl (C=O) groups excluding carboxylic acids is 1. The molecule has 1 aliphatic heterocycles. The number of ether oxygens (including phenoxy) is 2. The Morgan fingerprint density at radius 2 is 1.73 bits per heavy atom. The molecule has 4 nitrogen and oxygen atoms in total. The van der Waals surface area contributed by atoms with E-state index in [4.69, 9.17) is 9.47 Å². The number of rotatable bonds is 3. The smallest absolute Gasteiger partial charge is 0.416 e. The Hall–Kier alpha value is -2.70. The van der Waals surface area contributed by atoms with E-state index >= 15 is 0 Å². The van der Waals surface area contributed by atoms with E-state index in [-0.39, 0.29) is 0 Å². The van der Waals surface area contributed by atoms with Gasteiger partial charge in [-0.1, -0.05) is 24.3 Å². The number of halogens is 3. The molecule has 0 radical (unpaired) electrons. The van der Waals surface area contributed by atoms with Gasteiger partial charge < -0.3 is 14.8 Å². The average molecular weight is 365 g/mol. The third-order valence-electron chi connectivity index (χ3n) is 4.17. The molecule has 138 valence electrons. The van der Waals surface area contributed by atoms with Crippen molar-refractivity contribution in [3.63, 3.8) is 0 Å². The fraction of sp³-hybridized carbons (Fsp3) is 0.316. The van der Waals surface area contributed by atoms with Crippen molar-refractivity contribution in [2.75, 3.05) is 0 Å². The standard InChI is InChI=1S/C19H18F3NO3/c1-11(13-6-5-7-14(10-13)19(20,21)22)23-18(24)17-12(2)25-15-8-3-4-9-16(15)26-17/h3-12,17H,1-2H3,(H,23,24). The molecule has 0 aliphatic carbocycles. The number of carbonyl (C=O) groups is 1. The van der Waals surface area contributed by atoms with Crippen LogP contribution in [0.5, 0.6) is 11.5 Å². The molecule has 26 heavy (non-hydrogen) atoms. The minimum Gasteiger partial charge on any atom is -0.482 e. The number of hydrogen-bond donors (Lipinski definition) is 1. The van der Waals surface area contributed by atoms with Crippen LogP contribution in [-0.4, -0.2) is 18.1 Å². The predicted molar refractivity (Wildman–Crippen MR) is 88.9 cm³/mol. The van der Waals surface area contributed by atoms with Crippen molar-refractivity contribution >= 4 is 5.91 Å². The number of amides is 1. The van der Waals surface area contributed by atoms with Crippen LogP contribution in [-0.2, 0) is 11.0 Å². The Labute approximate surface area is 148 Å². The van der Waals surface area contributed by atoms with Crippen LogP contribution in [0.1, 0.15) is 31.0 Å². The lowest BCUT2D eigenvalue weighted by Gasteiger charge is -2.31. The van der Waals surface area contributed by atoms with Crippen molar-refractivity contribution in [3.05, 3.63) is 59.7 Å². The molecule has 1 aliphatic rings. The maximum atomic E-state index is 12.9. The summed E-state index contributed by atoms with van der Waals surface area (Å²) in [6.45, 7) is 3.32. The van der Waals surface area contributed by atoms with Crippen molar-refractivity contribution in [1.29, 1.82) is 0 Å². The van der Waals surface area contributed by atoms with Crippen LogP contribution in [0.25, 0.3) is 0 Å². The molecule has 0 saturated carbocycles. The molecular weight excluding hydrogens is 347 g/mol. The zero-order valence-corrected chi connectivity index (χ0v) is 14.2. The molecule has 0 saturated heterocycles. The van der Waals surface area contributed by atoms with Crippen LogP contribution >= 0.6 is 0 Å². The summed E-state index contributed by atoms with van der Waals surface area (Å²) in [5.74, 6) is 0.560. The van der Waals surface area contributed by atoms with Gasteiger partial charge in [0.05, 0.1) is 11.6 Å². The second-order valence-corrected chi connectivity index (χ2v) is 6.16. The van der Waals surface area contributed by atoms with E-state index < -0.39 is 35.9 Å². The first-order valence-corrected chi connectivity index (χ1v) is 8.15. The van der Waals surface area contributed by atoms with E-state index in [0.717, 1.165) is 12.1 Å². The van der Waals surface area contributed by atoms with Crippen molar-refractivity contribution in [1.82, 2.24) is 5.32 Å². The van der Waals surface area contributed by atoms with Crippen LogP contribution < -0.4 is 14.8 Å². The molecule has 1 heterocycles. The first-order valence-electron chi connectivity index (χ1n) is 8.15. The summed E-state index contributed by atoms with van der Waals surface area (Å²) in [6, 6.07) is 11.3. The van der Waals surface area contributed by atoms with Crippen molar-refractivity contribution in [3.8, 4) is 11.5 Å². The number of para-hydroxylation sites is 2. The largest absolute Gasteiger partial charge is 0.482 e. The maximum absolute atomic E-state index is 12.9. The normalized spacial score (nSPS) is 20.3. The lowest BCUT2D eigenvalue weighted by atomic mass is 10.0. The SMILES string of the molecule is CC(NC(=O)C1Oc2ccccc2OC1C)c1cccc(C(F)(F)F)c1. The Balaban J connectivity index is 1.72. The summed E-state index contributed by atoms with van der Waals surface area (Å²) in [7, 11) is 0. The summed E-state index contributed by atoms with van der Waals surface area (Å²) in [5.41, 5.74) is -0.395. The van der Waals surface area contributed by atoms with Gasteiger partial charge in [0.15, 0.2) is 11.5 Å². The van der Waals surface area contributed by atoms with Gasteiger partial charge in [-0.2, -0.15) is 13.2 Å². The Morgan fingerprint density at radius 3 is 2.38 bits per heavy atom. The number of alkyl halides is 3. The van der Waals surface area contributed by atoms with Crippen molar-refractivity contribution in [2.45, 2.75) is 38.3 Å². The van der Waals surface area contributed by atoms with Crippen LogP contribution in [0, 0.1) is 0 Å². The maximum Gasteiger partial charge on any atom is 0.416 e. The highest BCUT2D eigenvalue weighted by atomic mass is 19.4. The van der Waals surface area contributed by atoms with Gasteiger partial charge in [-0.25, -0.2) is 0 Å². The summed E-state index contributed by atoms with van der Waals surface area (Å²) >= 11 is 0. The molecule has 0 fully saturated rings. The number of benzene rings is 2. The molecular formula is C19H18F3NO3. The number of hydrogen-bond acceptors (Lipinski definition) is 3. The summed E-state index contributed by atoms with van der Waals surface area (Å²) in [4.78, 5) is 12.5. The molecule has 1 amide bonds. The molecule has 3 atom stereocenters. The molecule has 1 N–H and O–H groups in total. The molecule has 7 heteroatoms. The number of fused-ring (bicyclic) bond motifs is 1. The average Bonchev–Trinajstić information content (AvgIpc) is 2.60. The fourth-order valence-electron chi connectivity index (χ4n) is 2.77. The topological polar surface area (TPSA) is 47.6 Å². The van der Waals surface area contributed by atoms with E-state index in [0.29, 0.717) is 17.1 Å². The van der Waals surface area contributed by atoms with E-state index in [1.165, 1.54) is 12.1 Å². The van der Waals surface area contributed by atoms with Crippen LogP contribution in [0.4, 0.5) is 13.2 Å². The van der Waals surface area contributed by atoms with Gasteiger partial charge in [-0.05, 0) is 43.7 Å².